The highest BCUT2D eigenvalue weighted by molar-refractivity contribution is 9.13. The van der Waals surface area contributed by atoms with E-state index in [0.29, 0.717) is 0 Å². The van der Waals surface area contributed by atoms with Crippen LogP contribution in [0.1, 0.15) is 12.2 Å². The van der Waals surface area contributed by atoms with E-state index < -0.39 is 0 Å². The quantitative estimate of drug-likeness (QED) is 0.665. The van der Waals surface area contributed by atoms with Gasteiger partial charge in [0.05, 0.1) is 11.0 Å². The minimum absolute atomic E-state index is 0.744. The highest BCUT2D eigenvalue weighted by Gasteiger charge is 2.04. The van der Waals surface area contributed by atoms with Gasteiger partial charge in [0, 0.05) is 0 Å². The molecule has 2 nitrogen and oxygen atoms in total. The molecule has 72 valence electrons. The second kappa shape index (κ2) is 5.62. The molecule has 0 unspecified atom stereocenters. The van der Waals surface area contributed by atoms with Gasteiger partial charge in [-0.05, 0) is 50.9 Å². The van der Waals surface area contributed by atoms with Gasteiger partial charge in [-0.25, -0.2) is 0 Å². The Morgan fingerprint density at radius 2 is 2.31 bits per heavy atom. The normalized spacial score (nSPS) is 10.3. The van der Waals surface area contributed by atoms with Crippen molar-refractivity contribution in [3.8, 4) is 0 Å². The average Bonchev–Trinajstić information content (AvgIpc) is 2.41. The molecule has 0 amide bonds. The Balaban J connectivity index is 2.32. The molecule has 1 aromatic heterocycles. The molecule has 0 bridgehead atoms. The maximum absolute atomic E-state index is 5.38. The Morgan fingerprint density at radius 3 is 2.85 bits per heavy atom. The van der Waals surface area contributed by atoms with E-state index in [4.69, 9.17) is 4.42 Å². The molecule has 0 atom stereocenters. The summed E-state index contributed by atoms with van der Waals surface area (Å²) in [7, 11) is 0. The molecule has 0 radical (unpaired) electrons. The first-order valence-electron chi connectivity index (χ1n) is 3.99. The summed E-state index contributed by atoms with van der Waals surface area (Å²) in [5.74, 6) is 0.919. The van der Waals surface area contributed by atoms with Crippen LogP contribution in [0, 0.1) is 0 Å². The van der Waals surface area contributed by atoms with Crippen molar-refractivity contribution in [3.05, 3.63) is 33.6 Å². The van der Waals surface area contributed by atoms with Crippen molar-refractivity contribution >= 4 is 31.9 Å². The van der Waals surface area contributed by atoms with Gasteiger partial charge in [0.15, 0.2) is 4.67 Å². The van der Waals surface area contributed by atoms with Crippen LogP contribution >= 0.6 is 31.9 Å². The van der Waals surface area contributed by atoms with Gasteiger partial charge in [0.25, 0.3) is 0 Å². The molecule has 0 aliphatic heterocycles. The minimum atomic E-state index is 0.744. The molecule has 0 saturated carbocycles. The van der Waals surface area contributed by atoms with E-state index in [-0.39, 0.29) is 0 Å². The van der Waals surface area contributed by atoms with Gasteiger partial charge in [-0.1, -0.05) is 6.08 Å². The van der Waals surface area contributed by atoms with Crippen molar-refractivity contribution in [1.82, 2.24) is 5.32 Å². The van der Waals surface area contributed by atoms with E-state index in [2.05, 4.69) is 43.8 Å². The van der Waals surface area contributed by atoms with Crippen LogP contribution in [0.15, 0.2) is 32.3 Å². The molecule has 0 aliphatic rings. The van der Waals surface area contributed by atoms with Gasteiger partial charge < -0.3 is 9.73 Å². The minimum Gasteiger partial charge on any atom is -0.452 e. The highest BCUT2D eigenvalue weighted by atomic mass is 79.9. The van der Waals surface area contributed by atoms with E-state index in [1.54, 1.807) is 0 Å². The second-order valence-electron chi connectivity index (χ2n) is 2.59. The molecule has 1 heterocycles. The van der Waals surface area contributed by atoms with Crippen LogP contribution in [-0.4, -0.2) is 6.54 Å². The van der Waals surface area contributed by atoms with Crippen LogP contribution in [0.2, 0.25) is 0 Å². The molecular formula is C9H11Br2NO. The van der Waals surface area contributed by atoms with Gasteiger partial charge in [-0.15, -0.1) is 6.58 Å². The Hall–Kier alpha value is -0.0600. The maximum Gasteiger partial charge on any atom is 0.183 e. The lowest BCUT2D eigenvalue weighted by Crippen LogP contribution is -2.13. The second-order valence-corrected chi connectivity index (χ2v) is 4.16. The summed E-state index contributed by atoms with van der Waals surface area (Å²) in [4.78, 5) is 0. The number of hydrogen-bond acceptors (Lipinski definition) is 2. The first-order chi connectivity index (χ1) is 6.24. The molecular weight excluding hydrogens is 298 g/mol. The summed E-state index contributed by atoms with van der Waals surface area (Å²) < 4.78 is 7.07. The first-order valence-corrected chi connectivity index (χ1v) is 5.58. The third-order valence-electron chi connectivity index (χ3n) is 1.52. The summed E-state index contributed by atoms with van der Waals surface area (Å²) in [5, 5.41) is 3.24. The number of hydrogen-bond donors (Lipinski definition) is 1. The van der Waals surface area contributed by atoms with Crippen molar-refractivity contribution in [2.75, 3.05) is 6.54 Å². The molecule has 0 saturated heterocycles. The van der Waals surface area contributed by atoms with E-state index in [1.165, 1.54) is 0 Å². The lowest BCUT2D eigenvalue weighted by Gasteiger charge is -1.98. The largest absolute Gasteiger partial charge is 0.452 e. The predicted octanol–water partition coefficient (Wildman–Crippen LogP) is 3.47. The van der Waals surface area contributed by atoms with E-state index in [9.17, 15) is 0 Å². The molecule has 1 rings (SSSR count). The van der Waals surface area contributed by atoms with Gasteiger partial charge in [-0.3, -0.25) is 0 Å². The molecule has 13 heavy (non-hydrogen) atoms. The zero-order chi connectivity index (χ0) is 9.68. The van der Waals surface area contributed by atoms with Crippen LogP contribution < -0.4 is 5.32 Å². The molecule has 4 heteroatoms. The lowest BCUT2D eigenvalue weighted by atomic mass is 10.4. The molecule has 0 spiro atoms. The zero-order valence-corrected chi connectivity index (χ0v) is 10.3. The van der Waals surface area contributed by atoms with Crippen LogP contribution in [0.4, 0.5) is 0 Å². The third-order valence-corrected chi connectivity index (χ3v) is 3.23. The summed E-state index contributed by atoms with van der Waals surface area (Å²) in [5.41, 5.74) is 0. The predicted molar refractivity (Wildman–Crippen MR) is 60.6 cm³/mol. The molecule has 0 aliphatic carbocycles. The molecule has 0 aromatic carbocycles. The third kappa shape index (κ3) is 3.67. The fourth-order valence-electron chi connectivity index (χ4n) is 0.894. The number of nitrogens with one attached hydrogen (secondary N) is 1. The summed E-state index contributed by atoms with van der Waals surface area (Å²) in [6, 6.07) is 1.95. The Kier molecular flexibility index (Phi) is 4.77. The summed E-state index contributed by atoms with van der Waals surface area (Å²) in [6.45, 7) is 5.32. The number of halogens is 2. The van der Waals surface area contributed by atoms with E-state index in [1.807, 2.05) is 12.1 Å². The smallest absolute Gasteiger partial charge is 0.183 e. The summed E-state index contributed by atoms with van der Waals surface area (Å²) >= 11 is 6.64. The van der Waals surface area contributed by atoms with Crippen LogP contribution in [-0.2, 0) is 6.54 Å². The number of rotatable bonds is 5. The first kappa shape index (κ1) is 11.0. The van der Waals surface area contributed by atoms with Crippen LogP contribution in [0.25, 0.3) is 0 Å². The monoisotopic (exact) mass is 307 g/mol. The van der Waals surface area contributed by atoms with Crippen molar-refractivity contribution in [1.29, 1.82) is 0 Å². The fraction of sp³-hybridized carbons (Fsp3) is 0.333. The Morgan fingerprint density at radius 1 is 1.54 bits per heavy atom. The summed E-state index contributed by atoms with van der Waals surface area (Å²) in [6.07, 6.45) is 2.87. The highest BCUT2D eigenvalue weighted by Crippen LogP contribution is 2.26. The van der Waals surface area contributed by atoms with Crippen molar-refractivity contribution in [2.24, 2.45) is 0 Å². The number of furan rings is 1. The van der Waals surface area contributed by atoms with Crippen molar-refractivity contribution in [3.63, 3.8) is 0 Å². The Labute approximate surface area is 94.6 Å². The van der Waals surface area contributed by atoms with Gasteiger partial charge >= 0.3 is 0 Å². The van der Waals surface area contributed by atoms with Gasteiger partial charge in [-0.2, -0.15) is 0 Å². The van der Waals surface area contributed by atoms with Crippen LogP contribution in [0.3, 0.4) is 0 Å². The van der Waals surface area contributed by atoms with Gasteiger partial charge in [0.2, 0.25) is 0 Å². The standard InChI is InChI=1S/C9H11Br2NO/c1-2-3-4-12-6-7-5-8(10)9(11)13-7/h2,5,12H,1,3-4,6H2. The van der Waals surface area contributed by atoms with E-state index in [0.717, 1.165) is 34.4 Å². The molecule has 1 aromatic rings. The molecule has 1 N–H and O–H groups in total. The van der Waals surface area contributed by atoms with E-state index >= 15 is 0 Å². The SMILES string of the molecule is C=CCCNCc1cc(Br)c(Br)o1. The van der Waals surface area contributed by atoms with Crippen molar-refractivity contribution < 1.29 is 4.42 Å². The van der Waals surface area contributed by atoms with Gasteiger partial charge in [0.1, 0.15) is 5.76 Å². The zero-order valence-electron chi connectivity index (χ0n) is 7.15. The van der Waals surface area contributed by atoms with Crippen molar-refractivity contribution in [2.45, 2.75) is 13.0 Å². The van der Waals surface area contributed by atoms with Crippen LogP contribution in [0.5, 0.6) is 0 Å². The fourth-order valence-corrected chi connectivity index (χ4v) is 1.55. The maximum atomic E-state index is 5.38. The topological polar surface area (TPSA) is 25.2 Å². The lowest BCUT2D eigenvalue weighted by molar-refractivity contribution is 0.466. The average molecular weight is 309 g/mol. The Bertz CT molecular complexity index is 264. The molecule has 0 fully saturated rings.